The number of anilines is 1. The molecule has 0 aliphatic carbocycles. The molecule has 1 atom stereocenters. The first-order chi connectivity index (χ1) is 14.4. The Morgan fingerprint density at radius 1 is 1.20 bits per heavy atom. The molecule has 2 aromatic rings. The van der Waals surface area contributed by atoms with Crippen molar-refractivity contribution in [1.82, 2.24) is 25.1 Å². The molecule has 1 saturated heterocycles. The van der Waals surface area contributed by atoms with Crippen LogP contribution in [0.15, 0.2) is 30.3 Å². The van der Waals surface area contributed by atoms with E-state index in [2.05, 4.69) is 15.6 Å². The lowest BCUT2D eigenvalue weighted by molar-refractivity contribution is -0.131. The second-order valence-electron chi connectivity index (χ2n) is 7.90. The van der Waals surface area contributed by atoms with Crippen LogP contribution >= 0.6 is 0 Å². The van der Waals surface area contributed by atoms with Crippen molar-refractivity contribution < 1.29 is 9.18 Å². The predicted octanol–water partition coefficient (Wildman–Crippen LogP) is 2.56. The van der Waals surface area contributed by atoms with E-state index in [1.165, 1.54) is 25.0 Å². The van der Waals surface area contributed by atoms with Gasteiger partial charge in [0.2, 0.25) is 5.91 Å². The topological polar surface area (TPSA) is 73.4 Å². The van der Waals surface area contributed by atoms with Crippen LogP contribution in [0.1, 0.15) is 42.4 Å². The van der Waals surface area contributed by atoms with Gasteiger partial charge < -0.3 is 15.5 Å². The highest BCUT2D eigenvalue weighted by atomic mass is 19.1. The van der Waals surface area contributed by atoms with Gasteiger partial charge in [-0.3, -0.25) is 9.69 Å². The molecule has 8 heteroatoms. The minimum Gasteiger partial charge on any atom is -0.373 e. The molecule has 0 saturated carbocycles. The quantitative estimate of drug-likeness (QED) is 0.692. The smallest absolute Gasteiger partial charge is 0.236 e. The Morgan fingerprint density at radius 3 is 2.63 bits per heavy atom. The van der Waals surface area contributed by atoms with Gasteiger partial charge in [0.1, 0.15) is 17.5 Å². The highest BCUT2D eigenvalue weighted by Gasteiger charge is 2.20. The Labute approximate surface area is 177 Å². The standard InChI is InChI=1S/C22H31FN6O/c1-24-20-12-18(26-22(27-20)19-6-4-5-11-25-19)14-29(3)21(30)15-28(2)13-16-7-9-17(23)10-8-16/h7-10,12,19,25H,4-6,11,13-15H2,1-3H3,(H,24,26,27)/t19-/m1/s1. The van der Waals surface area contributed by atoms with Gasteiger partial charge in [-0.1, -0.05) is 18.6 Å². The molecule has 30 heavy (non-hydrogen) atoms. The lowest BCUT2D eigenvalue weighted by Gasteiger charge is -2.24. The summed E-state index contributed by atoms with van der Waals surface area (Å²) in [5.74, 6) is 1.29. The van der Waals surface area contributed by atoms with Gasteiger partial charge in [-0.15, -0.1) is 0 Å². The molecule has 0 spiro atoms. The number of rotatable bonds is 8. The van der Waals surface area contributed by atoms with E-state index in [1.807, 2.05) is 25.1 Å². The van der Waals surface area contributed by atoms with E-state index in [9.17, 15) is 9.18 Å². The van der Waals surface area contributed by atoms with Crippen LogP contribution in [0.4, 0.5) is 10.2 Å². The minimum absolute atomic E-state index is 0.00146. The lowest BCUT2D eigenvalue weighted by atomic mass is 10.0. The Hall–Kier alpha value is -2.58. The number of piperidine rings is 1. The van der Waals surface area contributed by atoms with E-state index < -0.39 is 0 Å². The summed E-state index contributed by atoms with van der Waals surface area (Å²) in [6, 6.07) is 8.39. The van der Waals surface area contributed by atoms with Crippen molar-refractivity contribution in [2.75, 3.05) is 39.5 Å². The fourth-order valence-electron chi connectivity index (χ4n) is 3.60. The number of amides is 1. The van der Waals surface area contributed by atoms with Crippen LogP contribution in [-0.4, -0.2) is 59.9 Å². The van der Waals surface area contributed by atoms with Crippen LogP contribution in [0.25, 0.3) is 0 Å². The second kappa shape index (κ2) is 10.4. The van der Waals surface area contributed by atoms with Gasteiger partial charge in [-0.05, 0) is 44.1 Å². The van der Waals surface area contributed by atoms with Gasteiger partial charge in [-0.25, -0.2) is 14.4 Å². The molecule has 162 valence electrons. The van der Waals surface area contributed by atoms with E-state index in [4.69, 9.17) is 4.98 Å². The van der Waals surface area contributed by atoms with Crippen LogP contribution in [0, 0.1) is 5.82 Å². The summed E-state index contributed by atoms with van der Waals surface area (Å²) >= 11 is 0. The van der Waals surface area contributed by atoms with Crippen molar-refractivity contribution in [3.05, 3.63) is 53.2 Å². The molecule has 1 aliphatic heterocycles. The third-order valence-corrected chi connectivity index (χ3v) is 5.27. The molecule has 2 N–H and O–H groups in total. The summed E-state index contributed by atoms with van der Waals surface area (Å²) < 4.78 is 13.1. The van der Waals surface area contributed by atoms with Crippen LogP contribution in [0.5, 0.6) is 0 Å². The van der Waals surface area contributed by atoms with Gasteiger partial charge >= 0.3 is 0 Å². The fourth-order valence-corrected chi connectivity index (χ4v) is 3.60. The van der Waals surface area contributed by atoms with E-state index in [-0.39, 0.29) is 24.3 Å². The normalized spacial score (nSPS) is 16.5. The summed E-state index contributed by atoms with van der Waals surface area (Å²) in [4.78, 5) is 25.6. The number of benzene rings is 1. The first-order valence-electron chi connectivity index (χ1n) is 10.4. The molecule has 7 nitrogen and oxygen atoms in total. The highest BCUT2D eigenvalue weighted by molar-refractivity contribution is 5.77. The largest absolute Gasteiger partial charge is 0.373 e. The zero-order valence-electron chi connectivity index (χ0n) is 18.0. The number of aromatic nitrogens is 2. The molecule has 1 aliphatic rings. The number of carbonyl (C=O) groups excluding carboxylic acids is 1. The fraction of sp³-hybridized carbons (Fsp3) is 0.500. The number of hydrogen-bond donors (Lipinski definition) is 2. The number of nitrogens with one attached hydrogen (secondary N) is 2. The summed E-state index contributed by atoms with van der Waals surface area (Å²) in [7, 11) is 5.50. The van der Waals surface area contributed by atoms with Crippen LogP contribution in [0.3, 0.4) is 0 Å². The van der Waals surface area contributed by atoms with Crippen molar-refractivity contribution in [3.8, 4) is 0 Å². The molecule has 0 unspecified atom stereocenters. The maximum Gasteiger partial charge on any atom is 0.236 e. The second-order valence-corrected chi connectivity index (χ2v) is 7.90. The summed E-state index contributed by atoms with van der Waals surface area (Å²) in [5, 5.41) is 6.57. The van der Waals surface area contributed by atoms with Gasteiger partial charge in [0.05, 0.1) is 24.8 Å². The van der Waals surface area contributed by atoms with E-state index in [0.717, 1.165) is 35.9 Å². The van der Waals surface area contributed by atoms with E-state index in [1.54, 1.807) is 24.1 Å². The number of halogens is 1. The summed E-state index contributed by atoms with van der Waals surface area (Å²) in [6.07, 6.45) is 3.37. The number of likely N-dealkylation sites (N-methyl/N-ethyl adjacent to an activating group) is 2. The molecular formula is C22H31FN6O. The number of hydrogen-bond acceptors (Lipinski definition) is 6. The van der Waals surface area contributed by atoms with E-state index >= 15 is 0 Å². The molecular weight excluding hydrogens is 383 g/mol. The first kappa shape index (κ1) is 22.1. The monoisotopic (exact) mass is 414 g/mol. The molecule has 1 aromatic carbocycles. The van der Waals surface area contributed by atoms with Crippen LogP contribution in [0.2, 0.25) is 0 Å². The Bertz CT molecular complexity index is 838. The average Bonchev–Trinajstić information content (AvgIpc) is 2.75. The van der Waals surface area contributed by atoms with Crippen molar-refractivity contribution in [2.45, 2.75) is 38.4 Å². The molecule has 0 bridgehead atoms. The zero-order chi connectivity index (χ0) is 21.5. The van der Waals surface area contributed by atoms with Crippen LogP contribution in [-0.2, 0) is 17.9 Å². The molecule has 0 radical (unpaired) electrons. The summed E-state index contributed by atoms with van der Waals surface area (Å²) in [5.41, 5.74) is 1.78. The van der Waals surface area contributed by atoms with Crippen molar-refractivity contribution >= 4 is 11.7 Å². The zero-order valence-corrected chi connectivity index (χ0v) is 18.0. The summed E-state index contributed by atoms with van der Waals surface area (Å²) in [6.45, 7) is 2.25. The van der Waals surface area contributed by atoms with Gasteiger partial charge in [0, 0.05) is 26.7 Å². The number of carbonyl (C=O) groups is 1. The van der Waals surface area contributed by atoms with Gasteiger partial charge in [0.25, 0.3) is 0 Å². The minimum atomic E-state index is -0.259. The van der Waals surface area contributed by atoms with Crippen molar-refractivity contribution in [3.63, 3.8) is 0 Å². The van der Waals surface area contributed by atoms with Gasteiger partial charge in [0.15, 0.2) is 0 Å². The van der Waals surface area contributed by atoms with Gasteiger partial charge in [-0.2, -0.15) is 0 Å². The maximum atomic E-state index is 13.1. The maximum absolute atomic E-state index is 13.1. The molecule has 1 fully saturated rings. The average molecular weight is 415 g/mol. The molecule has 1 aromatic heterocycles. The Morgan fingerprint density at radius 2 is 1.97 bits per heavy atom. The number of nitrogens with zero attached hydrogens (tertiary/aromatic N) is 4. The predicted molar refractivity (Wildman–Crippen MR) is 115 cm³/mol. The third kappa shape index (κ3) is 6.21. The van der Waals surface area contributed by atoms with Crippen molar-refractivity contribution in [1.29, 1.82) is 0 Å². The Balaban J connectivity index is 1.60. The van der Waals surface area contributed by atoms with Crippen LogP contribution < -0.4 is 10.6 Å². The molecule has 1 amide bonds. The Kier molecular flexibility index (Phi) is 7.70. The third-order valence-electron chi connectivity index (χ3n) is 5.27. The molecule has 2 heterocycles. The first-order valence-corrected chi connectivity index (χ1v) is 10.4. The highest BCUT2D eigenvalue weighted by Crippen LogP contribution is 2.22. The molecule has 3 rings (SSSR count). The lowest BCUT2D eigenvalue weighted by Crippen LogP contribution is -2.36. The SMILES string of the molecule is CNc1cc(CN(C)C(=O)CN(C)Cc2ccc(F)cc2)nc([C@H]2CCCCN2)n1. The van der Waals surface area contributed by atoms with Crippen molar-refractivity contribution in [2.24, 2.45) is 0 Å². The van der Waals surface area contributed by atoms with E-state index in [0.29, 0.717) is 13.1 Å².